The van der Waals surface area contributed by atoms with Crippen LogP contribution in [0.5, 0.6) is 0 Å². The summed E-state index contributed by atoms with van der Waals surface area (Å²) in [6, 6.07) is 0.819. The molecule has 0 aliphatic heterocycles. The number of pyridine rings is 1. The normalized spacial score (nSPS) is 11.6. The first kappa shape index (κ1) is 14.2. The van der Waals surface area contributed by atoms with E-state index in [0.29, 0.717) is 0 Å². The first-order valence-corrected chi connectivity index (χ1v) is 5.01. The molecule has 1 heterocycles. The van der Waals surface area contributed by atoms with Crippen LogP contribution >= 0.6 is 0 Å². The summed E-state index contributed by atoms with van der Waals surface area (Å²) in [6.45, 7) is -0.303. The Balaban J connectivity index is 3.37. The Morgan fingerprint density at radius 3 is 2.50 bits per heavy atom. The summed E-state index contributed by atoms with van der Waals surface area (Å²) >= 11 is 0. The maximum absolute atomic E-state index is 12.6. The highest BCUT2D eigenvalue weighted by Gasteiger charge is 2.35. The van der Waals surface area contributed by atoms with Crippen molar-refractivity contribution in [2.24, 2.45) is 5.73 Å². The van der Waals surface area contributed by atoms with Crippen LogP contribution in [0.1, 0.15) is 28.0 Å². The fourth-order valence-electron chi connectivity index (χ4n) is 1.48. The third-order valence-corrected chi connectivity index (χ3v) is 2.28. The number of aromatic amines is 1. The van der Waals surface area contributed by atoms with Crippen molar-refractivity contribution in [1.29, 1.82) is 0 Å². The molecule has 1 amide bonds. The minimum Gasteiger partial charge on any atom is -0.396 e. The van der Waals surface area contributed by atoms with Crippen molar-refractivity contribution >= 4 is 5.91 Å². The van der Waals surface area contributed by atoms with Gasteiger partial charge in [-0.3, -0.25) is 9.59 Å². The van der Waals surface area contributed by atoms with Gasteiger partial charge in [0.1, 0.15) is 11.3 Å². The summed E-state index contributed by atoms with van der Waals surface area (Å²) < 4.78 is 37.9. The average Bonchev–Trinajstić information content (AvgIpc) is 2.25. The molecule has 0 spiro atoms. The number of nitrogens with one attached hydrogen (secondary N) is 1. The molecule has 100 valence electrons. The molecule has 1 rings (SSSR count). The number of hydrogen-bond acceptors (Lipinski definition) is 3. The van der Waals surface area contributed by atoms with E-state index in [-0.39, 0.29) is 25.0 Å². The van der Waals surface area contributed by atoms with Gasteiger partial charge in [-0.1, -0.05) is 0 Å². The second-order valence-electron chi connectivity index (χ2n) is 3.60. The predicted octanol–water partition coefficient (Wildman–Crippen LogP) is 0.418. The van der Waals surface area contributed by atoms with Gasteiger partial charge >= 0.3 is 6.18 Å². The highest BCUT2D eigenvalue weighted by Crippen LogP contribution is 2.30. The lowest BCUT2D eigenvalue weighted by Crippen LogP contribution is -2.28. The summed E-state index contributed by atoms with van der Waals surface area (Å²) in [5, 5.41) is 8.61. The van der Waals surface area contributed by atoms with Crippen LogP contribution in [0.2, 0.25) is 0 Å². The van der Waals surface area contributed by atoms with Gasteiger partial charge in [0.15, 0.2) is 0 Å². The molecule has 1 aromatic rings. The van der Waals surface area contributed by atoms with E-state index in [2.05, 4.69) is 0 Å². The molecule has 8 heteroatoms. The van der Waals surface area contributed by atoms with Crippen LogP contribution in [-0.4, -0.2) is 22.6 Å². The molecule has 4 N–H and O–H groups in total. The van der Waals surface area contributed by atoms with Crippen molar-refractivity contribution in [2.45, 2.75) is 19.0 Å². The van der Waals surface area contributed by atoms with Crippen molar-refractivity contribution in [3.05, 3.63) is 33.2 Å². The van der Waals surface area contributed by atoms with E-state index in [1.54, 1.807) is 4.98 Å². The Morgan fingerprint density at radius 1 is 1.44 bits per heavy atom. The van der Waals surface area contributed by atoms with E-state index in [4.69, 9.17) is 10.8 Å². The molecule has 0 aliphatic rings. The maximum Gasteiger partial charge on any atom is 0.431 e. The Hall–Kier alpha value is -1.83. The summed E-state index contributed by atoms with van der Waals surface area (Å²) in [4.78, 5) is 23.7. The third-order valence-electron chi connectivity index (χ3n) is 2.28. The Kier molecular flexibility index (Phi) is 4.12. The average molecular weight is 264 g/mol. The SMILES string of the molecule is NC(=O)c1cc(CCCO)c(C(F)(F)F)[nH]c1=O. The monoisotopic (exact) mass is 264 g/mol. The number of primary amides is 1. The van der Waals surface area contributed by atoms with Gasteiger partial charge in [-0.15, -0.1) is 0 Å². The van der Waals surface area contributed by atoms with E-state index in [1.807, 2.05) is 0 Å². The van der Waals surface area contributed by atoms with Crippen LogP contribution in [-0.2, 0) is 12.6 Å². The molecule has 0 bridgehead atoms. The number of aliphatic hydroxyl groups excluding tert-OH is 1. The van der Waals surface area contributed by atoms with Crippen LogP contribution in [0.4, 0.5) is 13.2 Å². The van der Waals surface area contributed by atoms with E-state index in [1.165, 1.54) is 0 Å². The topological polar surface area (TPSA) is 96.2 Å². The predicted molar refractivity (Wildman–Crippen MR) is 56.0 cm³/mol. The van der Waals surface area contributed by atoms with Crippen LogP contribution < -0.4 is 11.3 Å². The quantitative estimate of drug-likeness (QED) is 0.735. The number of H-pyrrole nitrogens is 1. The summed E-state index contributed by atoms with van der Waals surface area (Å²) in [5.41, 5.74) is 1.68. The summed E-state index contributed by atoms with van der Waals surface area (Å²) in [7, 11) is 0. The molecule has 0 aromatic carbocycles. The number of carbonyl (C=O) groups excluding carboxylic acids is 1. The van der Waals surface area contributed by atoms with E-state index in [9.17, 15) is 22.8 Å². The Labute approximate surface area is 99.4 Å². The van der Waals surface area contributed by atoms with Gasteiger partial charge in [0.2, 0.25) is 0 Å². The number of hydrogen-bond donors (Lipinski definition) is 3. The van der Waals surface area contributed by atoms with Gasteiger partial charge in [-0.25, -0.2) is 0 Å². The van der Waals surface area contributed by atoms with Crippen LogP contribution in [0, 0.1) is 0 Å². The largest absolute Gasteiger partial charge is 0.431 e. The lowest BCUT2D eigenvalue weighted by Gasteiger charge is -2.12. The fourth-order valence-corrected chi connectivity index (χ4v) is 1.48. The smallest absolute Gasteiger partial charge is 0.396 e. The molecular weight excluding hydrogens is 253 g/mol. The number of aliphatic hydroxyl groups is 1. The molecule has 1 aromatic heterocycles. The van der Waals surface area contributed by atoms with Gasteiger partial charge < -0.3 is 15.8 Å². The van der Waals surface area contributed by atoms with Crippen LogP contribution in [0.25, 0.3) is 0 Å². The minimum atomic E-state index is -4.74. The number of nitrogens with two attached hydrogens (primary N) is 1. The van der Waals surface area contributed by atoms with Gasteiger partial charge in [0.05, 0.1) is 0 Å². The van der Waals surface area contributed by atoms with Gasteiger partial charge in [-0.05, 0) is 24.5 Å². The fraction of sp³-hybridized carbons (Fsp3) is 0.400. The second-order valence-corrected chi connectivity index (χ2v) is 3.60. The zero-order chi connectivity index (χ0) is 13.9. The lowest BCUT2D eigenvalue weighted by molar-refractivity contribution is -0.142. The third kappa shape index (κ3) is 3.10. The van der Waals surface area contributed by atoms with Crippen LogP contribution in [0.15, 0.2) is 10.9 Å². The zero-order valence-corrected chi connectivity index (χ0v) is 9.17. The highest BCUT2D eigenvalue weighted by molar-refractivity contribution is 5.92. The van der Waals surface area contributed by atoms with Gasteiger partial charge in [-0.2, -0.15) is 13.2 Å². The zero-order valence-electron chi connectivity index (χ0n) is 9.17. The highest BCUT2D eigenvalue weighted by atomic mass is 19.4. The van der Waals surface area contributed by atoms with E-state index in [0.717, 1.165) is 6.07 Å². The standard InChI is InChI=1S/C10H11F3N2O3/c11-10(12,13)7-5(2-1-3-16)4-6(8(14)17)9(18)15-7/h4,16H,1-3H2,(H2,14,17)(H,15,18). The first-order valence-electron chi connectivity index (χ1n) is 5.01. The van der Waals surface area contributed by atoms with Gasteiger partial charge in [0, 0.05) is 6.61 Å². The molecule has 0 radical (unpaired) electrons. The Morgan fingerprint density at radius 2 is 2.06 bits per heavy atom. The molecule has 0 atom stereocenters. The van der Waals surface area contributed by atoms with E-state index < -0.39 is 28.9 Å². The molecule has 0 saturated heterocycles. The maximum atomic E-state index is 12.6. The van der Waals surface area contributed by atoms with Crippen molar-refractivity contribution < 1.29 is 23.1 Å². The molecular formula is C10H11F3N2O3. The number of rotatable bonds is 4. The molecule has 18 heavy (non-hydrogen) atoms. The van der Waals surface area contributed by atoms with Crippen molar-refractivity contribution in [3.63, 3.8) is 0 Å². The summed E-state index contributed by atoms with van der Waals surface area (Å²) in [6.07, 6.45) is -4.78. The second kappa shape index (κ2) is 5.21. The minimum absolute atomic E-state index is 0.0767. The van der Waals surface area contributed by atoms with Crippen LogP contribution in [0.3, 0.4) is 0 Å². The molecule has 5 nitrogen and oxygen atoms in total. The first-order chi connectivity index (χ1) is 8.27. The summed E-state index contributed by atoms with van der Waals surface area (Å²) in [5.74, 6) is -1.10. The number of aromatic nitrogens is 1. The number of alkyl halides is 3. The molecule has 0 saturated carbocycles. The number of aryl methyl sites for hydroxylation is 1. The van der Waals surface area contributed by atoms with E-state index >= 15 is 0 Å². The lowest BCUT2D eigenvalue weighted by atomic mass is 10.0. The van der Waals surface area contributed by atoms with Crippen molar-refractivity contribution in [3.8, 4) is 0 Å². The molecule has 0 aliphatic carbocycles. The number of carbonyl (C=O) groups is 1. The van der Waals surface area contributed by atoms with Gasteiger partial charge in [0.25, 0.3) is 11.5 Å². The number of halogens is 3. The Bertz CT molecular complexity index is 508. The number of amides is 1. The van der Waals surface area contributed by atoms with Crippen molar-refractivity contribution in [1.82, 2.24) is 4.98 Å². The molecule has 0 unspecified atom stereocenters. The molecule has 0 fully saturated rings. The van der Waals surface area contributed by atoms with Crippen molar-refractivity contribution in [2.75, 3.05) is 6.61 Å².